The van der Waals surface area contributed by atoms with Gasteiger partial charge in [0.25, 0.3) is 0 Å². The lowest BCUT2D eigenvalue weighted by molar-refractivity contribution is -0.119. The van der Waals surface area contributed by atoms with E-state index in [1.165, 1.54) is 11.1 Å². The molecule has 0 N–H and O–H groups in total. The lowest BCUT2D eigenvalue weighted by Gasteiger charge is -2.22. The van der Waals surface area contributed by atoms with Gasteiger partial charge in [-0.25, -0.2) is 0 Å². The highest BCUT2D eigenvalue weighted by molar-refractivity contribution is 8.00. The standard InChI is InChI=1S/C24H27N3O2S.C2H6/c1-17-12-14-20(15-13-17)29-16-23-25-26-24(30-22-11-7-6-10-21(22)28)27(23)18(2)19-8-4-3-5-9-19;1-2/h3-5,8-9,12-15,18,22H,6-7,10-11,16H2,1-2H3;1-2H3. The fraction of sp³-hybridized carbons (Fsp3) is 0.423. The molecule has 5 nitrogen and oxygen atoms in total. The number of ether oxygens (including phenoxy) is 1. The zero-order valence-corrected chi connectivity index (χ0v) is 20.3. The molecular weight excluding hydrogens is 418 g/mol. The molecule has 170 valence electrons. The Morgan fingerprint density at radius 3 is 2.47 bits per heavy atom. The summed E-state index contributed by atoms with van der Waals surface area (Å²) in [5, 5.41) is 9.66. The van der Waals surface area contributed by atoms with E-state index in [2.05, 4.69) is 40.7 Å². The molecule has 1 fully saturated rings. The van der Waals surface area contributed by atoms with Gasteiger partial charge in [0.2, 0.25) is 0 Å². The van der Waals surface area contributed by atoms with Crippen LogP contribution in [0.5, 0.6) is 5.75 Å². The number of carbonyl (C=O) groups excluding carboxylic acids is 1. The zero-order chi connectivity index (χ0) is 22.9. The topological polar surface area (TPSA) is 57.0 Å². The molecule has 0 saturated heterocycles. The lowest BCUT2D eigenvalue weighted by Crippen LogP contribution is -2.22. The van der Waals surface area contributed by atoms with Crippen molar-refractivity contribution in [2.75, 3.05) is 0 Å². The van der Waals surface area contributed by atoms with Crippen molar-refractivity contribution in [3.8, 4) is 5.75 Å². The van der Waals surface area contributed by atoms with Gasteiger partial charge < -0.3 is 4.74 Å². The summed E-state index contributed by atoms with van der Waals surface area (Å²) >= 11 is 1.55. The zero-order valence-electron chi connectivity index (χ0n) is 19.5. The lowest BCUT2D eigenvalue weighted by atomic mass is 9.99. The number of aromatic nitrogens is 3. The van der Waals surface area contributed by atoms with Crippen LogP contribution in [0.2, 0.25) is 0 Å². The summed E-state index contributed by atoms with van der Waals surface area (Å²) in [5.41, 5.74) is 2.37. The second-order valence-corrected chi connectivity index (χ2v) is 8.95. The largest absolute Gasteiger partial charge is 0.486 e. The Morgan fingerprint density at radius 2 is 1.78 bits per heavy atom. The van der Waals surface area contributed by atoms with Crippen LogP contribution in [0.15, 0.2) is 59.8 Å². The van der Waals surface area contributed by atoms with Gasteiger partial charge in [0.05, 0.1) is 11.3 Å². The van der Waals surface area contributed by atoms with E-state index in [9.17, 15) is 4.79 Å². The van der Waals surface area contributed by atoms with Crippen LogP contribution in [0, 0.1) is 6.92 Å². The van der Waals surface area contributed by atoms with E-state index in [1.807, 2.05) is 56.3 Å². The van der Waals surface area contributed by atoms with Crippen LogP contribution in [-0.2, 0) is 11.4 Å². The van der Waals surface area contributed by atoms with Gasteiger partial charge in [-0.05, 0) is 44.4 Å². The second-order valence-electron chi connectivity index (χ2n) is 7.78. The maximum atomic E-state index is 12.4. The maximum Gasteiger partial charge on any atom is 0.192 e. The first kappa shape index (κ1) is 24.1. The number of hydrogen-bond donors (Lipinski definition) is 0. The van der Waals surface area contributed by atoms with Gasteiger partial charge in [0, 0.05) is 6.42 Å². The average Bonchev–Trinajstić information content (AvgIpc) is 3.24. The van der Waals surface area contributed by atoms with E-state index < -0.39 is 0 Å². The molecule has 2 unspecified atom stereocenters. The third-order valence-corrected chi connectivity index (χ3v) is 6.81. The Bertz CT molecular complexity index is 986. The molecule has 0 spiro atoms. The van der Waals surface area contributed by atoms with Gasteiger partial charge in [-0.2, -0.15) is 0 Å². The number of thioether (sulfide) groups is 1. The molecule has 0 aliphatic heterocycles. The van der Waals surface area contributed by atoms with Crippen molar-refractivity contribution in [1.82, 2.24) is 14.8 Å². The van der Waals surface area contributed by atoms with Crippen molar-refractivity contribution in [1.29, 1.82) is 0 Å². The molecule has 2 aromatic carbocycles. The highest BCUT2D eigenvalue weighted by Gasteiger charge is 2.28. The molecule has 0 amide bonds. The Morgan fingerprint density at radius 1 is 1.06 bits per heavy atom. The van der Waals surface area contributed by atoms with Crippen molar-refractivity contribution < 1.29 is 9.53 Å². The van der Waals surface area contributed by atoms with E-state index in [4.69, 9.17) is 4.74 Å². The minimum Gasteiger partial charge on any atom is -0.486 e. The quantitative estimate of drug-likeness (QED) is 0.416. The van der Waals surface area contributed by atoms with Gasteiger partial charge in [-0.3, -0.25) is 9.36 Å². The predicted octanol–water partition coefficient (Wildman–Crippen LogP) is 6.40. The summed E-state index contributed by atoms with van der Waals surface area (Å²) < 4.78 is 8.12. The average molecular weight is 452 g/mol. The van der Waals surface area contributed by atoms with E-state index in [0.717, 1.165) is 36.0 Å². The predicted molar refractivity (Wildman–Crippen MR) is 130 cm³/mol. The smallest absolute Gasteiger partial charge is 0.192 e. The van der Waals surface area contributed by atoms with Crippen LogP contribution < -0.4 is 4.74 Å². The highest BCUT2D eigenvalue weighted by Crippen LogP contribution is 2.34. The van der Waals surface area contributed by atoms with Gasteiger partial charge in [-0.15, -0.1) is 10.2 Å². The first-order valence-electron chi connectivity index (χ1n) is 11.5. The second kappa shape index (κ2) is 11.9. The van der Waals surface area contributed by atoms with Crippen molar-refractivity contribution in [3.05, 3.63) is 71.5 Å². The third kappa shape index (κ3) is 6.00. The highest BCUT2D eigenvalue weighted by atomic mass is 32.2. The SMILES string of the molecule is CC.Cc1ccc(OCc2nnc(SC3CCCCC3=O)n2C(C)c2ccccc2)cc1. The first-order valence-corrected chi connectivity index (χ1v) is 12.4. The Balaban J connectivity index is 0.00000141. The van der Waals surface area contributed by atoms with Crippen LogP contribution in [0.25, 0.3) is 0 Å². The fourth-order valence-electron chi connectivity index (χ4n) is 3.74. The normalized spacial score (nSPS) is 16.8. The van der Waals surface area contributed by atoms with Gasteiger partial charge in [-0.1, -0.05) is 80.1 Å². The van der Waals surface area contributed by atoms with Gasteiger partial charge in [0.1, 0.15) is 18.1 Å². The van der Waals surface area contributed by atoms with Crippen LogP contribution in [0.3, 0.4) is 0 Å². The number of benzene rings is 2. The van der Waals surface area contributed by atoms with E-state index in [-0.39, 0.29) is 11.3 Å². The van der Waals surface area contributed by atoms with Crippen molar-refractivity contribution in [3.63, 3.8) is 0 Å². The summed E-state index contributed by atoms with van der Waals surface area (Å²) in [6.45, 7) is 8.52. The molecule has 4 rings (SSSR count). The molecule has 1 aliphatic carbocycles. The first-order chi connectivity index (χ1) is 15.6. The monoisotopic (exact) mass is 451 g/mol. The molecule has 6 heteroatoms. The van der Waals surface area contributed by atoms with Gasteiger partial charge in [0.15, 0.2) is 11.0 Å². The van der Waals surface area contributed by atoms with Crippen LogP contribution in [-0.4, -0.2) is 25.8 Å². The summed E-state index contributed by atoms with van der Waals surface area (Å²) in [4.78, 5) is 12.4. The minimum absolute atomic E-state index is 0.0319. The summed E-state index contributed by atoms with van der Waals surface area (Å²) in [5.74, 6) is 1.89. The number of Topliss-reactive ketones (excluding diaryl/α,β-unsaturated/α-hetero) is 1. The molecule has 2 atom stereocenters. The molecule has 0 bridgehead atoms. The Hall–Kier alpha value is -2.60. The molecule has 0 radical (unpaired) electrons. The van der Waals surface area contributed by atoms with E-state index in [1.54, 1.807) is 11.8 Å². The number of nitrogens with zero attached hydrogens (tertiary/aromatic N) is 3. The molecule has 1 saturated carbocycles. The number of hydrogen-bond acceptors (Lipinski definition) is 5. The van der Waals surface area contributed by atoms with E-state index in [0.29, 0.717) is 18.8 Å². The molecule has 1 aliphatic rings. The molecular formula is C26H33N3O2S. The molecule has 3 aromatic rings. The number of aryl methyl sites for hydroxylation is 1. The van der Waals surface area contributed by atoms with Crippen LogP contribution in [0.4, 0.5) is 0 Å². The third-order valence-electron chi connectivity index (χ3n) is 5.54. The van der Waals surface area contributed by atoms with Crippen molar-refractivity contribution in [2.24, 2.45) is 0 Å². The van der Waals surface area contributed by atoms with E-state index >= 15 is 0 Å². The number of rotatable bonds is 7. The number of carbonyl (C=O) groups is 1. The molecule has 32 heavy (non-hydrogen) atoms. The Labute approximate surface area is 195 Å². The summed E-state index contributed by atoms with van der Waals surface area (Å²) in [7, 11) is 0. The maximum absolute atomic E-state index is 12.4. The van der Waals surface area contributed by atoms with Crippen LogP contribution in [0.1, 0.15) is 69.4 Å². The summed E-state index contributed by atoms with van der Waals surface area (Å²) in [6.07, 6.45) is 3.67. The van der Waals surface area contributed by atoms with Gasteiger partial charge >= 0.3 is 0 Å². The minimum atomic E-state index is -0.0319. The Kier molecular flexibility index (Phi) is 8.91. The van der Waals surface area contributed by atoms with Crippen molar-refractivity contribution >= 4 is 17.5 Å². The molecule has 1 heterocycles. The van der Waals surface area contributed by atoms with Crippen LogP contribution >= 0.6 is 11.8 Å². The number of ketones is 1. The summed E-state index contributed by atoms with van der Waals surface area (Å²) in [6, 6.07) is 18.3. The van der Waals surface area contributed by atoms with Crippen molar-refractivity contribution in [2.45, 2.75) is 76.4 Å². The fourth-order valence-corrected chi connectivity index (χ4v) is 4.99. The molecule has 1 aromatic heterocycles.